The van der Waals surface area contributed by atoms with Gasteiger partial charge in [0.2, 0.25) is 10.0 Å². The SMILES string of the molecule is O=S(=O)(c1cccc(Br)c1)N1CCC(F)(F)C1. The Balaban J connectivity index is 2.32. The molecule has 1 saturated heterocycles. The molecule has 1 heterocycles. The minimum absolute atomic E-state index is 0.0320. The Hall–Kier alpha value is -0.530. The molecule has 1 aliphatic heterocycles. The average Bonchev–Trinajstić information content (AvgIpc) is 2.59. The third kappa shape index (κ3) is 2.66. The molecule has 1 fully saturated rings. The lowest BCUT2D eigenvalue weighted by Crippen LogP contribution is -2.31. The summed E-state index contributed by atoms with van der Waals surface area (Å²) >= 11 is 3.15. The van der Waals surface area contributed by atoms with Gasteiger partial charge in [-0.3, -0.25) is 0 Å². The number of halogens is 3. The van der Waals surface area contributed by atoms with Crippen molar-refractivity contribution < 1.29 is 17.2 Å². The van der Waals surface area contributed by atoms with Gasteiger partial charge in [0, 0.05) is 17.4 Å². The van der Waals surface area contributed by atoms with Crippen LogP contribution in [0.2, 0.25) is 0 Å². The monoisotopic (exact) mass is 325 g/mol. The van der Waals surface area contributed by atoms with Crippen molar-refractivity contribution in [1.82, 2.24) is 4.31 Å². The van der Waals surface area contributed by atoms with E-state index in [1.54, 1.807) is 12.1 Å². The zero-order chi connectivity index (χ0) is 12.7. The Morgan fingerprint density at radius 3 is 2.59 bits per heavy atom. The predicted octanol–water partition coefficient (Wildman–Crippen LogP) is 2.48. The molecular weight excluding hydrogens is 316 g/mol. The molecule has 0 bridgehead atoms. The molecule has 0 amide bonds. The Kier molecular flexibility index (Phi) is 3.26. The van der Waals surface area contributed by atoms with Crippen LogP contribution in [0.15, 0.2) is 33.6 Å². The van der Waals surface area contributed by atoms with E-state index in [4.69, 9.17) is 0 Å². The second-order valence-corrected chi connectivity index (χ2v) is 6.76. The van der Waals surface area contributed by atoms with Gasteiger partial charge in [-0.1, -0.05) is 22.0 Å². The van der Waals surface area contributed by atoms with Crippen molar-refractivity contribution in [2.75, 3.05) is 13.1 Å². The van der Waals surface area contributed by atoms with E-state index in [2.05, 4.69) is 15.9 Å². The molecule has 1 aromatic carbocycles. The first-order chi connectivity index (χ1) is 7.81. The van der Waals surface area contributed by atoms with E-state index in [0.717, 1.165) is 4.31 Å². The summed E-state index contributed by atoms with van der Waals surface area (Å²) in [5.74, 6) is -2.92. The molecule has 94 valence electrons. The second kappa shape index (κ2) is 4.29. The summed E-state index contributed by atoms with van der Waals surface area (Å²) in [5, 5.41) is 0. The van der Waals surface area contributed by atoms with Crippen LogP contribution in [0.1, 0.15) is 6.42 Å². The highest BCUT2D eigenvalue weighted by Gasteiger charge is 2.43. The number of rotatable bonds is 2. The van der Waals surface area contributed by atoms with Gasteiger partial charge in [-0.25, -0.2) is 17.2 Å². The van der Waals surface area contributed by atoms with Gasteiger partial charge >= 0.3 is 0 Å². The minimum atomic E-state index is -3.81. The van der Waals surface area contributed by atoms with Crippen LogP contribution >= 0.6 is 15.9 Å². The minimum Gasteiger partial charge on any atom is -0.207 e. The van der Waals surface area contributed by atoms with Gasteiger partial charge in [-0.2, -0.15) is 4.31 Å². The lowest BCUT2D eigenvalue weighted by atomic mass is 10.3. The summed E-state index contributed by atoms with van der Waals surface area (Å²) in [6, 6.07) is 6.05. The van der Waals surface area contributed by atoms with Gasteiger partial charge in [0.25, 0.3) is 5.92 Å². The van der Waals surface area contributed by atoms with Gasteiger partial charge in [0.15, 0.2) is 0 Å². The van der Waals surface area contributed by atoms with Crippen LogP contribution in [0.4, 0.5) is 8.78 Å². The first-order valence-corrected chi connectivity index (χ1v) is 7.18. The third-order valence-corrected chi connectivity index (χ3v) is 4.90. The maximum absolute atomic E-state index is 13.0. The standard InChI is InChI=1S/C10H10BrF2NO2S/c11-8-2-1-3-9(6-8)17(15,16)14-5-4-10(12,13)7-14/h1-3,6H,4-5,7H2. The van der Waals surface area contributed by atoms with Crippen LogP contribution in [-0.2, 0) is 10.0 Å². The second-order valence-electron chi connectivity index (χ2n) is 3.90. The smallest absolute Gasteiger partial charge is 0.207 e. The lowest BCUT2D eigenvalue weighted by molar-refractivity contribution is 0.0183. The van der Waals surface area contributed by atoms with E-state index in [-0.39, 0.29) is 11.4 Å². The number of alkyl halides is 2. The highest BCUT2D eigenvalue weighted by atomic mass is 79.9. The van der Waals surface area contributed by atoms with Crippen LogP contribution in [0.25, 0.3) is 0 Å². The largest absolute Gasteiger partial charge is 0.262 e. The van der Waals surface area contributed by atoms with Crippen LogP contribution in [0.3, 0.4) is 0 Å². The highest BCUT2D eigenvalue weighted by molar-refractivity contribution is 9.10. The summed E-state index contributed by atoms with van der Waals surface area (Å²) in [4.78, 5) is 0.0320. The predicted molar refractivity (Wildman–Crippen MR) is 62.5 cm³/mol. The third-order valence-electron chi connectivity index (χ3n) is 2.57. The fourth-order valence-corrected chi connectivity index (χ4v) is 3.75. The maximum Gasteiger partial charge on any atom is 0.262 e. The quantitative estimate of drug-likeness (QED) is 0.837. The fraction of sp³-hybridized carbons (Fsp3) is 0.400. The number of nitrogens with zero attached hydrogens (tertiary/aromatic N) is 1. The zero-order valence-electron chi connectivity index (χ0n) is 8.74. The van der Waals surface area contributed by atoms with Gasteiger partial charge < -0.3 is 0 Å². The molecule has 0 unspecified atom stereocenters. The molecule has 1 aromatic rings. The molecule has 0 saturated carbocycles. The average molecular weight is 326 g/mol. The van der Waals surface area contributed by atoms with Crippen LogP contribution < -0.4 is 0 Å². The molecule has 17 heavy (non-hydrogen) atoms. The van der Waals surface area contributed by atoms with Crippen molar-refractivity contribution in [3.63, 3.8) is 0 Å². The van der Waals surface area contributed by atoms with Crippen molar-refractivity contribution in [1.29, 1.82) is 0 Å². The van der Waals surface area contributed by atoms with Crippen molar-refractivity contribution in [2.45, 2.75) is 17.2 Å². The summed E-state index contributed by atoms with van der Waals surface area (Å²) in [5.41, 5.74) is 0. The molecule has 0 spiro atoms. The summed E-state index contributed by atoms with van der Waals surface area (Å²) in [7, 11) is -3.81. The number of sulfonamides is 1. The van der Waals surface area contributed by atoms with Crippen molar-refractivity contribution in [3.05, 3.63) is 28.7 Å². The summed E-state index contributed by atoms with van der Waals surface area (Å²) < 4.78 is 51.5. The number of hydrogen-bond acceptors (Lipinski definition) is 2. The van der Waals surface area contributed by atoms with Gasteiger partial charge in [0.1, 0.15) is 0 Å². The Morgan fingerprint density at radius 2 is 2.06 bits per heavy atom. The fourth-order valence-electron chi connectivity index (χ4n) is 1.69. The van der Waals surface area contributed by atoms with E-state index in [9.17, 15) is 17.2 Å². The van der Waals surface area contributed by atoms with Crippen molar-refractivity contribution in [2.24, 2.45) is 0 Å². The zero-order valence-corrected chi connectivity index (χ0v) is 11.1. The molecule has 0 aliphatic carbocycles. The van der Waals surface area contributed by atoms with Crippen LogP contribution in [0.5, 0.6) is 0 Å². The molecule has 0 aromatic heterocycles. The Labute approximate surface area is 107 Å². The highest BCUT2D eigenvalue weighted by Crippen LogP contribution is 2.31. The van der Waals surface area contributed by atoms with Crippen LogP contribution in [-0.4, -0.2) is 31.7 Å². The molecule has 0 atom stereocenters. The lowest BCUT2D eigenvalue weighted by Gasteiger charge is -2.16. The van der Waals surface area contributed by atoms with E-state index in [1.807, 2.05) is 0 Å². The molecular formula is C10H10BrF2NO2S. The molecule has 7 heteroatoms. The van der Waals surface area contributed by atoms with Gasteiger partial charge in [0.05, 0.1) is 11.4 Å². The molecule has 2 rings (SSSR count). The first kappa shape index (κ1) is 12.9. The van der Waals surface area contributed by atoms with E-state index in [0.29, 0.717) is 4.47 Å². The summed E-state index contributed by atoms with van der Waals surface area (Å²) in [6.07, 6.45) is -0.416. The van der Waals surface area contributed by atoms with E-state index >= 15 is 0 Å². The van der Waals surface area contributed by atoms with Gasteiger partial charge in [-0.05, 0) is 18.2 Å². The Morgan fingerprint density at radius 1 is 1.35 bits per heavy atom. The number of hydrogen-bond donors (Lipinski definition) is 0. The van der Waals surface area contributed by atoms with Gasteiger partial charge in [-0.15, -0.1) is 0 Å². The topological polar surface area (TPSA) is 37.4 Å². The van der Waals surface area contributed by atoms with Crippen molar-refractivity contribution in [3.8, 4) is 0 Å². The first-order valence-electron chi connectivity index (χ1n) is 4.95. The molecule has 0 radical (unpaired) electrons. The maximum atomic E-state index is 13.0. The van der Waals surface area contributed by atoms with Crippen LogP contribution in [0, 0.1) is 0 Å². The molecule has 3 nitrogen and oxygen atoms in total. The van der Waals surface area contributed by atoms with E-state index < -0.39 is 28.9 Å². The molecule has 0 N–H and O–H groups in total. The summed E-state index contributed by atoms with van der Waals surface area (Å²) in [6.45, 7) is -0.871. The Bertz CT molecular complexity index is 533. The normalized spacial score (nSPS) is 20.6. The molecule has 1 aliphatic rings. The van der Waals surface area contributed by atoms with E-state index in [1.165, 1.54) is 12.1 Å². The van der Waals surface area contributed by atoms with Crippen molar-refractivity contribution >= 4 is 26.0 Å². The number of benzene rings is 1.